The lowest BCUT2D eigenvalue weighted by Gasteiger charge is -2.16. The van der Waals surface area contributed by atoms with E-state index in [0.29, 0.717) is 6.07 Å². The van der Waals surface area contributed by atoms with Gasteiger partial charge in [0.25, 0.3) is 11.8 Å². The highest BCUT2D eigenvalue weighted by Gasteiger charge is 2.36. The summed E-state index contributed by atoms with van der Waals surface area (Å²) in [5, 5.41) is 2.03. The van der Waals surface area contributed by atoms with Gasteiger partial charge >= 0.3 is 6.18 Å². The molecular weight excluding hydrogens is 385 g/mol. The molecule has 0 bridgehead atoms. The molecule has 1 N–H and O–H groups in total. The Morgan fingerprint density at radius 1 is 1.04 bits per heavy atom. The fourth-order valence-electron chi connectivity index (χ4n) is 2.73. The van der Waals surface area contributed by atoms with Crippen LogP contribution in [0.15, 0.2) is 42.5 Å². The lowest BCUT2D eigenvalue weighted by Crippen LogP contribution is -2.33. The van der Waals surface area contributed by atoms with Crippen molar-refractivity contribution in [2.75, 3.05) is 11.9 Å². The van der Waals surface area contributed by atoms with Gasteiger partial charge in [0.2, 0.25) is 5.91 Å². The van der Waals surface area contributed by atoms with Gasteiger partial charge in [-0.05, 0) is 30.3 Å². The van der Waals surface area contributed by atoms with Crippen LogP contribution in [-0.2, 0) is 11.0 Å². The van der Waals surface area contributed by atoms with Crippen molar-refractivity contribution < 1.29 is 27.6 Å². The predicted octanol–water partition coefficient (Wildman–Crippen LogP) is 3.98. The molecule has 27 heavy (non-hydrogen) atoms. The van der Waals surface area contributed by atoms with Gasteiger partial charge in [-0.15, -0.1) is 0 Å². The molecule has 3 amide bonds. The Balaban J connectivity index is 1.68. The molecule has 9 heteroatoms. The first kappa shape index (κ1) is 18.9. The van der Waals surface area contributed by atoms with Gasteiger partial charge in [0.1, 0.15) is 0 Å². The van der Waals surface area contributed by atoms with E-state index >= 15 is 0 Å². The zero-order valence-corrected chi connectivity index (χ0v) is 14.4. The Hall–Kier alpha value is -2.87. The minimum Gasteiger partial charge on any atom is -0.325 e. The Morgan fingerprint density at radius 3 is 2.19 bits per heavy atom. The molecule has 0 saturated heterocycles. The van der Waals surface area contributed by atoms with E-state index in [-0.39, 0.29) is 29.1 Å². The molecule has 1 heterocycles. The summed E-state index contributed by atoms with van der Waals surface area (Å²) in [5.74, 6) is -1.84. The van der Waals surface area contributed by atoms with Gasteiger partial charge in [0.05, 0.1) is 22.4 Å². The van der Waals surface area contributed by atoms with Crippen molar-refractivity contribution in [3.05, 3.63) is 64.2 Å². The van der Waals surface area contributed by atoms with E-state index in [2.05, 4.69) is 5.32 Å². The third-order valence-electron chi connectivity index (χ3n) is 4.00. The Morgan fingerprint density at radius 2 is 1.63 bits per heavy atom. The van der Waals surface area contributed by atoms with Crippen LogP contribution in [0.4, 0.5) is 18.9 Å². The fourth-order valence-corrected chi connectivity index (χ4v) is 2.90. The van der Waals surface area contributed by atoms with Crippen molar-refractivity contribution in [1.82, 2.24) is 4.90 Å². The highest BCUT2D eigenvalue weighted by molar-refractivity contribution is 6.30. The van der Waals surface area contributed by atoms with Crippen molar-refractivity contribution in [2.45, 2.75) is 12.6 Å². The largest absolute Gasteiger partial charge is 0.418 e. The highest BCUT2D eigenvalue weighted by Crippen LogP contribution is 2.36. The number of nitrogens with zero attached hydrogens (tertiary/aromatic N) is 1. The van der Waals surface area contributed by atoms with Crippen LogP contribution in [0.25, 0.3) is 0 Å². The SMILES string of the molecule is O=C(CCN1C(=O)c2ccccc2C1=O)Nc1ccc(Cl)cc1C(F)(F)F. The van der Waals surface area contributed by atoms with Crippen LogP contribution in [-0.4, -0.2) is 29.2 Å². The maximum absolute atomic E-state index is 13.1. The van der Waals surface area contributed by atoms with Crippen LogP contribution >= 0.6 is 11.6 Å². The summed E-state index contributed by atoms with van der Waals surface area (Å²) in [6, 6.07) is 9.19. The van der Waals surface area contributed by atoms with Crippen LogP contribution in [0.5, 0.6) is 0 Å². The number of hydrogen-bond acceptors (Lipinski definition) is 3. The van der Waals surface area contributed by atoms with E-state index in [9.17, 15) is 27.6 Å². The molecule has 0 radical (unpaired) electrons. The zero-order valence-electron chi connectivity index (χ0n) is 13.6. The average molecular weight is 397 g/mol. The first-order chi connectivity index (χ1) is 12.7. The van der Waals surface area contributed by atoms with Gasteiger partial charge in [0.15, 0.2) is 0 Å². The molecule has 0 spiro atoms. The number of nitrogens with one attached hydrogen (secondary N) is 1. The molecule has 0 saturated carbocycles. The molecule has 0 fully saturated rings. The minimum absolute atomic E-state index is 0.119. The van der Waals surface area contributed by atoms with E-state index < -0.39 is 35.1 Å². The third-order valence-corrected chi connectivity index (χ3v) is 4.24. The number of carbonyl (C=O) groups excluding carboxylic acids is 3. The number of imide groups is 1. The summed E-state index contributed by atoms with van der Waals surface area (Å²) in [6.45, 7) is -0.243. The molecular formula is C18H12ClF3N2O3. The van der Waals surface area contributed by atoms with Gasteiger partial charge in [-0.25, -0.2) is 0 Å². The number of benzene rings is 2. The molecule has 0 aromatic heterocycles. The molecule has 0 atom stereocenters. The van der Waals surface area contributed by atoms with Crippen molar-refractivity contribution >= 4 is 35.0 Å². The van der Waals surface area contributed by atoms with Crippen molar-refractivity contribution in [3.8, 4) is 0 Å². The number of rotatable bonds is 4. The summed E-state index contributed by atoms with van der Waals surface area (Å²) in [4.78, 5) is 37.4. The minimum atomic E-state index is -4.70. The summed E-state index contributed by atoms with van der Waals surface area (Å²) in [5.41, 5.74) is -1.05. The highest BCUT2D eigenvalue weighted by atomic mass is 35.5. The first-order valence-electron chi connectivity index (χ1n) is 7.80. The van der Waals surface area contributed by atoms with Crippen molar-refractivity contribution in [3.63, 3.8) is 0 Å². The monoisotopic (exact) mass is 396 g/mol. The Bertz CT molecular complexity index is 909. The second-order valence-corrected chi connectivity index (χ2v) is 6.23. The Labute approximate surface area is 156 Å². The lowest BCUT2D eigenvalue weighted by atomic mass is 10.1. The number of alkyl halides is 3. The topological polar surface area (TPSA) is 66.5 Å². The number of carbonyl (C=O) groups is 3. The standard InChI is InChI=1S/C18H12ClF3N2O3/c19-10-5-6-14(13(9-10)18(20,21)22)23-15(25)7-8-24-16(26)11-3-1-2-4-12(11)17(24)27/h1-6,9H,7-8H2,(H,23,25). The van der Waals surface area contributed by atoms with Crippen LogP contribution in [0.3, 0.4) is 0 Å². The van der Waals surface area contributed by atoms with E-state index in [4.69, 9.17) is 11.6 Å². The second kappa shape index (κ2) is 7.03. The van der Waals surface area contributed by atoms with E-state index in [1.165, 1.54) is 18.2 Å². The lowest BCUT2D eigenvalue weighted by molar-refractivity contribution is -0.137. The van der Waals surface area contributed by atoms with Gasteiger partial charge < -0.3 is 5.32 Å². The number of fused-ring (bicyclic) bond motifs is 1. The molecule has 2 aromatic rings. The quantitative estimate of drug-likeness (QED) is 0.795. The fraction of sp³-hybridized carbons (Fsp3) is 0.167. The smallest absolute Gasteiger partial charge is 0.325 e. The van der Waals surface area contributed by atoms with Gasteiger partial charge in [-0.1, -0.05) is 23.7 Å². The molecule has 5 nitrogen and oxygen atoms in total. The number of hydrogen-bond donors (Lipinski definition) is 1. The molecule has 140 valence electrons. The van der Waals surface area contributed by atoms with Crippen LogP contribution in [0.2, 0.25) is 5.02 Å². The Kier molecular flexibility index (Phi) is 4.93. The van der Waals surface area contributed by atoms with Gasteiger partial charge in [0, 0.05) is 18.0 Å². The zero-order chi connectivity index (χ0) is 19.8. The first-order valence-corrected chi connectivity index (χ1v) is 8.18. The number of anilines is 1. The maximum Gasteiger partial charge on any atom is 0.418 e. The van der Waals surface area contributed by atoms with Crippen LogP contribution < -0.4 is 5.32 Å². The van der Waals surface area contributed by atoms with Crippen LogP contribution in [0.1, 0.15) is 32.7 Å². The third kappa shape index (κ3) is 3.80. The predicted molar refractivity (Wildman–Crippen MR) is 91.5 cm³/mol. The summed E-state index contributed by atoms with van der Waals surface area (Å²) < 4.78 is 39.2. The number of halogens is 4. The molecule has 3 rings (SSSR count). The molecule has 0 aliphatic carbocycles. The van der Waals surface area contributed by atoms with Crippen molar-refractivity contribution in [1.29, 1.82) is 0 Å². The molecule has 1 aliphatic heterocycles. The average Bonchev–Trinajstić information content (AvgIpc) is 2.85. The number of amides is 3. The van der Waals surface area contributed by atoms with E-state index in [1.807, 2.05) is 0 Å². The molecule has 1 aliphatic rings. The van der Waals surface area contributed by atoms with Crippen molar-refractivity contribution in [2.24, 2.45) is 0 Å². The van der Waals surface area contributed by atoms with E-state index in [0.717, 1.165) is 11.0 Å². The summed E-state index contributed by atoms with van der Waals surface area (Å²) in [7, 11) is 0. The summed E-state index contributed by atoms with van der Waals surface area (Å²) in [6.07, 6.45) is -5.04. The second-order valence-electron chi connectivity index (χ2n) is 5.79. The van der Waals surface area contributed by atoms with Gasteiger partial charge in [-0.2, -0.15) is 13.2 Å². The molecule has 0 unspecified atom stereocenters. The van der Waals surface area contributed by atoms with E-state index in [1.54, 1.807) is 12.1 Å². The normalized spacial score (nSPS) is 13.7. The van der Waals surface area contributed by atoms with Gasteiger partial charge in [-0.3, -0.25) is 19.3 Å². The maximum atomic E-state index is 13.1. The van der Waals surface area contributed by atoms with Crippen LogP contribution in [0, 0.1) is 0 Å². The molecule has 2 aromatic carbocycles. The summed E-state index contributed by atoms with van der Waals surface area (Å²) >= 11 is 5.59.